The summed E-state index contributed by atoms with van der Waals surface area (Å²) in [7, 11) is 3.98. The molecule has 1 fully saturated rings. The Labute approximate surface area is 284 Å². The van der Waals surface area contributed by atoms with Crippen molar-refractivity contribution in [2.24, 2.45) is 0 Å². The summed E-state index contributed by atoms with van der Waals surface area (Å²) < 4.78 is 10.0. The second-order valence-corrected chi connectivity index (χ2v) is 14.4. The normalized spacial score (nSPS) is 15.2. The van der Waals surface area contributed by atoms with E-state index in [0.717, 1.165) is 54.8 Å². The number of carbonyl (C=O) groups excluding carboxylic acids is 3. The molecule has 46 heavy (non-hydrogen) atoms. The van der Waals surface area contributed by atoms with E-state index in [4.69, 9.17) is 21.7 Å². The fourth-order valence-corrected chi connectivity index (χ4v) is 7.03. The Kier molecular flexibility index (Phi) is 14.5. The predicted molar refractivity (Wildman–Crippen MR) is 191 cm³/mol. The summed E-state index contributed by atoms with van der Waals surface area (Å²) in [5, 5.41) is 2.83. The van der Waals surface area contributed by atoms with Gasteiger partial charge in [-0.2, -0.15) is 0 Å². The van der Waals surface area contributed by atoms with Crippen molar-refractivity contribution in [2.75, 3.05) is 71.5 Å². The van der Waals surface area contributed by atoms with Crippen LogP contribution in [0, 0.1) is 0 Å². The van der Waals surface area contributed by atoms with Gasteiger partial charge in [-0.15, -0.1) is 0 Å². The number of ether oxygens (including phenoxy) is 2. The van der Waals surface area contributed by atoms with Gasteiger partial charge in [0.05, 0.1) is 18.7 Å². The Balaban J connectivity index is 1.41. The third-order valence-electron chi connectivity index (χ3n) is 8.47. The first-order valence-electron chi connectivity index (χ1n) is 16.0. The summed E-state index contributed by atoms with van der Waals surface area (Å²) in [6.45, 7) is 12.2. The lowest BCUT2D eigenvalue weighted by Gasteiger charge is -2.38. The first-order chi connectivity index (χ1) is 21.9. The Hall–Kier alpha value is -2.99. The van der Waals surface area contributed by atoms with Gasteiger partial charge < -0.3 is 19.7 Å². The highest BCUT2D eigenvalue weighted by Gasteiger charge is 2.39. The number of rotatable bonds is 16. The van der Waals surface area contributed by atoms with Crippen LogP contribution in [0.1, 0.15) is 56.5 Å². The Bertz CT molecular complexity index is 1300. The van der Waals surface area contributed by atoms with Crippen LogP contribution in [-0.2, 0) is 25.5 Å². The van der Waals surface area contributed by atoms with E-state index in [2.05, 4.69) is 51.2 Å². The van der Waals surface area contributed by atoms with Gasteiger partial charge >= 0.3 is 5.97 Å². The fraction of sp³-hybridized carbons (Fsp3) is 0.543. The number of Topliss-reactive ketones (excluding diaryl/α,β-unsaturated/α-hetero) is 1. The van der Waals surface area contributed by atoms with E-state index in [1.807, 2.05) is 51.4 Å². The largest absolute Gasteiger partial charge is 0.479 e. The molecular formula is C35H50N4O5S2. The number of thioether (sulfide) groups is 1. The standard InChI is InChI=1S/C35H50N4O5S2/c1-7-35(37(5)6,26-27-12-10-9-11-13-27)31(41)28-14-16-29(17-15-28)39-23-21-38(22-24-39)20-18-30(40)36-19-25-44-32(42)34(3,4)46-33(45)43-8-2/h9-17H,7-8,18-26H2,1-6H3,(H,36,40). The lowest BCUT2D eigenvalue weighted by molar-refractivity contribution is -0.145. The zero-order valence-electron chi connectivity index (χ0n) is 28.2. The van der Waals surface area contributed by atoms with Crippen LogP contribution in [0.3, 0.4) is 0 Å². The maximum Gasteiger partial charge on any atom is 0.322 e. The van der Waals surface area contributed by atoms with Crippen LogP contribution in [-0.4, -0.2) is 109 Å². The van der Waals surface area contributed by atoms with Gasteiger partial charge in [0.15, 0.2) is 5.78 Å². The number of carbonyl (C=O) groups is 3. The highest BCUT2D eigenvalue weighted by Crippen LogP contribution is 2.29. The summed E-state index contributed by atoms with van der Waals surface area (Å²) >= 11 is 6.26. The van der Waals surface area contributed by atoms with Crippen molar-refractivity contribution >= 4 is 51.7 Å². The molecule has 0 bridgehead atoms. The molecule has 0 saturated carbocycles. The van der Waals surface area contributed by atoms with E-state index in [1.165, 1.54) is 0 Å². The molecule has 3 rings (SSSR count). The van der Waals surface area contributed by atoms with Gasteiger partial charge in [-0.3, -0.25) is 24.2 Å². The molecule has 1 aliphatic rings. The highest BCUT2D eigenvalue weighted by atomic mass is 32.2. The molecule has 0 aliphatic carbocycles. The van der Waals surface area contributed by atoms with Gasteiger partial charge in [-0.05, 0) is 89.8 Å². The second kappa shape index (κ2) is 17.8. The predicted octanol–water partition coefficient (Wildman–Crippen LogP) is 4.83. The van der Waals surface area contributed by atoms with Crippen molar-refractivity contribution < 1.29 is 23.9 Å². The number of esters is 1. The van der Waals surface area contributed by atoms with Crippen molar-refractivity contribution in [3.8, 4) is 0 Å². The van der Waals surface area contributed by atoms with Gasteiger partial charge in [-0.1, -0.05) is 49.0 Å². The SMILES string of the molecule is CCOC(=S)SC(C)(C)C(=O)OCCNC(=O)CCN1CCN(c2ccc(C(=O)C(CC)(Cc3ccccc3)N(C)C)cc2)CC1. The number of anilines is 1. The van der Waals surface area contributed by atoms with Gasteiger partial charge in [-0.25, -0.2) is 0 Å². The van der Waals surface area contributed by atoms with Crippen molar-refractivity contribution in [1.29, 1.82) is 0 Å². The molecule has 0 spiro atoms. The third kappa shape index (κ3) is 10.5. The van der Waals surface area contributed by atoms with Crippen LogP contribution < -0.4 is 10.2 Å². The van der Waals surface area contributed by atoms with E-state index >= 15 is 0 Å². The highest BCUT2D eigenvalue weighted by molar-refractivity contribution is 8.23. The summed E-state index contributed by atoms with van der Waals surface area (Å²) in [5.41, 5.74) is 2.36. The lowest BCUT2D eigenvalue weighted by atomic mass is 9.80. The minimum absolute atomic E-state index is 0.0713. The molecule has 1 heterocycles. The molecule has 0 radical (unpaired) electrons. The molecule has 11 heteroatoms. The van der Waals surface area contributed by atoms with Crippen LogP contribution in [0.15, 0.2) is 54.6 Å². The number of benzene rings is 2. The van der Waals surface area contributed by atoms with E-state index in [1.54, 1.807) is 13.8 Å². The summed E-state index contributed by atoms with van der Waals surface area (Å²) in [6.07, 6.45) is 1.75. The number of amides is 1. The molecule has 0 aromatic heterocycles. The average molecular weight is 671 g/mol. The number of likely N-dealkylation sites (N-methyl/N-ethyl adjacent to an activating group) is 1. The fourth-order valence-electron chi connectivity index (χ4n) is 5.55. The number of nitrogens with zero attached hydrogens (tertiary/aromatic N) is 3. The maximum atomic E-state index is 13.9. The van der Waals surface area contributed by atoms with Crippen molar-refractivity contribution in [1.82, 2.24) is 15.1 Å². The Morgan fingerprint density at radius 2 is 1.61 bits per heavy atom. The molecule has 1 N–H and O–H groups in total. The van der Waals surface area contributed by atoms with Gasteiger partial charge in [0.25, 0.3) is 0 Å². The molecular weight excluding hydrogens is 621 g/mol. The smallest absolute Gasteiger partial charge is 0.322 e. The quantitative estimate of drug-likeness (QED) is 0.116. The number of hydrogen-bond donors (Lipinski definition) is 1. The number of thiocarbonyl (C=S) groups is 1. The molecule has 1 amide bonds. The van der Waals surface area contributed by atoms with Crippen molar-refractivity contribution in [2.45, 2.75) is 57.2 Å². The third-order valence-corrected chi connectivity index (χ3v) is 9.80. The van der Waals surface area contributed by atoms with E-state index < -0.39 is 16.3 Å². The maximum absolute atomic E-state index is 13.9. The zero-order valence-corrected chi connectivity index (χ0v) is 29.8. The molecule has 1 saturated heterocycles. The van der Waals surface area contributed by atoms with Gasteiger partial charge in [0.2, 0.25) is 10.3 Å². The van der Waals surface area contributed by atoms with Crippen LogP contribution in [0.5, 0.6) is 0 Å². The minimum atomic E-state index is -0.868. The van der Waals surface area contributed by atoms with Crippen LogP contribution in [0.2, 0.25) is 0 Å². The van der Waals surface area contributed by atoms with Crippen LogP contribution >= 0.6 is 24.0 Å². The van der Waals surface area contributed by atoms with Crippen molar-refractivity contribution in [3.05, 3.63) is 65.7 Å². The molecule has 1 unspecified atom stereocenters. The van der Waals surface area contributed by atoms with Gasteiger partial charge in [0, 0.05) is 50.4 Å². The Morgan fingerprint density at radius 3 is 2.20 bits per heavy atom. The minimum Gasteiger partial charge on any atom is -0.479 e. The van der Waals surface area contributed by atoms with Gasteiger partial charge in [0.1, 0.15) is 11.4 Å². The summed E-state index contributed by atoms with van der Waals surface area (Å²) in [4.78, 5) is 45.3. The average Bonchev–Trinajstić information content (AvgIpc) is 3.04. The number of piperazine rings is 1. The molecule has 1 aliphatic heterocycles. The molecule has 2 aromatic carbocycles. The molecule has 9 nitrogen and oxygen atoms in total. The van der Waals surface area contributed by atoms with E-state index in [-0.39, 0.29) is 24.8 Å². The summed E-state index contributed by atoms with van der Waals surface area (Å²) in [6, 6.07) is 18.2. The number of ketones is 1. The van der Waals surface area contributed by atoms with Crippen LogP contribution in [0.25, 0.3) is 0 Å². The van der Waals surface area contributed by atoms with Crippen molar-refractivity contribution in [3.63, 3.8) is 0 Å². The molecule has 1 atom stereocenters. The number of hydrogen-bond acceptors (Lipinski definition) is 10. The first kappa shape index (κ1) is 37.5. The molecule has 2 aromatic rings. The number of nitrogens with one attached hydrogen (secondary N) is 1. The zero-order chi connectivity index (χ0) is 33.7. The van der Waals surface area contributed by atoms with E-state index in [9.17, 15) is 14.4 Å². The first-order valence-corrected chi connectivity index (χ1v) is 17.3. The lowest BCUT2D eigenvalue weighted by Crippen LogP contribution is -2.52. The monoisotopic (exact) mass is 670 g/mol. The van der Waals surface area contributed by atoms with E-state index in [0.29, 0.717) is 36.8 Å². The van der Waals surface area contributed by atoms with Crippen LogP contribution in [0.4, 0.5) is 5.69 Å². The Morgan fingerprint density at radius 1 is 0.957 bits per heavy atom. The summed E-state index contributed by atoms with van der Waals surface area (Å²) in [5.74, 6) is -0.335. The topological polar surface area (TPSA) is 91.4 Å². The molecule has 252 valence electrons. The second-order valence-electron chi connectivity index (χ2n) is 12.2.